The molecule has 3 rings (SSSR count). The predicted octanol–water partition coefficient (Wildman–Crippen LogP) is 3.63. The highest BCUT2D eigenvalue weighted by molar-refractivity contribution is 7.81. The number of nitrogens with one attached hydrogen (secondary N) is 2. The summed E-state index contributed by atoms with van der Waals surface area (Å²) in [6.45, 7) is 3.93. The van der Waals surface area contributed by atoms with Crippen molar-refractivity contribution >= 4 is 30.4 Å². The first-order chi connectivity index (χ1) is 16.3. The zero-order valence-electron chi connectivity index (χ0n) is 19.7. The normalized spacial score (nSPS) is 17.4. The van der Waals surface area contributed by atoms with Gasteiger partial charge in [-0.1, -0.05) is 63.4 Å². The average Bonchev–Trinajstić information content (AvgIpc) is 3.33. The number of thiol groups is 1. The maximum atomic E-state index is 13.3. The van der Waals surface area contributed by atoms with E-state index in [1.807, 2.05) is 56.3 Å². The van der Waals surface area contributed by atoms with E-state index in [-0.39, 0.29) is 18.2 Å². The first kappa shape index (κ1) is 25.7. The van der Waals surface area contributed by atoms with Crippen LogP contribution >= 0.6 is 12.6 Å². The van der Waals surface area contributed by atoms with E-state index in [0.717, 1.165) is 36.1 Å². The molecule has 0 spiro atoms. The molecule has 7 nitrogen and oxygen atoms in total. The van der Waals surface area contributed by atoms with E-state index in [1.54, 1.807) is 6.20 Å². The Morgan fingerprint density at radius 1 is 1.12 bits per heavy atom. The van der Waals surface area contributed by atoms with E-state index in [9.17, 15) is 19.5 Å². The quantitative estimate of drug-likeness (QED) is 0.386. The highest BCUT2D eigenvalue weighted by atomic mass is 32.1. The van der Waals surface area contributed by atoms with Crippen LogP contribution in [0.5, 0.6) is 0 Å². The minimum absolute atomic E-state index is 0.0608. The summed E-state index contributed by atoms with van der Waals surface area (Å²) in [5.41, 5.74) is 1.44. The molecule has 3 atom stereocenters. The molecule has 2 amide bonds. The number of carboxylic acid groups (broad SMARTS) is 1. The molecule has 3 unspecified atom stereocenters. The van der Waals surface area contributed by atoms with Gasteiger partial charge in [0.15, 0.2) is 0 Å². The van der Waals surface area contributed by atoms with Gasteiger partial charge in [-0.25, -0.2) is 4.79 Å². The Kier molecular flexibility index (Phi) is 8.72. The number of hydrogen-bond acceptors (Lipinski definition) is 5. The zero-order chi connectivity index (χ0) is 24.7. The van der Waals surface area contributed by atoms with Crippen LogP contribution in [-0.2, 0) is 20.8 Å². The maximum Gasteiger partial charge on any atom is 0.326 e. The summed E-state index contributed by atoms with van der Waals surface area (Å²) in [5.74, 6) is -1.79. The highest BCUT2D eigenvalue weighted by Crippen LogP contribution is 2.31. The summed E-state index contributed by atoms with van der Waals surface area (Å²) in [4.78, 5) is 42.4. The molecule has 1 aliphatic carbocycles. The van der Waals surface area contributed by atoms with Gasteiger partial charge in [-0.05, 0) is 36.5 Å². The summed E-state index contributed by atoms with van der Waals surface area (Å²) in [6, 6.07) is 12.0. The molecule has 1 fully saturated rings. The van der Waals surface area contributed by atoms with Crippen molar-refractivity contribution in [2.45, 2.75) is 69.2 Å². The third-order valence-corrected chi connectivity index (χ3v) is 7.41. The lowest BCUT2D eigenvalue weighted by atomic mass is 9.93. The van der Waals surface area contributed by atoms with Crippen LogP contribution in [0.3, 0.4) is 0 Å². The molecule has 0 bridgehead atoms. The van der Waals surface area contributed by atoms with Gasteiger partial charge in [-0.15, -0.1) is 0 Å². The number of amides is 2. The van der Waals surface area contributed by atoms with Gasteiger partial charge in [0.05, 0.1) is 10.9 Å². The molecule has 1 aromatic carbocycles. The molecule has 0 aliphatic heterocycles. The van der Waals surface area contributed by atoms with Crippen LogP contribution in [0, 0.1) is 5.92 Å². The van der Waals surface area contributed by atoms with Crippen molar-refractivity contribution in [2.75, 3.05) is 0 Å². The molecule has 0 saturated heterocycles. The van der Waals surface area contributed by atoms with E-state index >= 15 is 0 Å². The van der Waals surface area contributed by atoms with E-state index in [0.29, 0.717) is 12.8 Å². The van der Waals surface area contributed by atoms with E-state index in [2.05, 4.69) is 28.2 Å². The van der Waals surface area contributed by atoms with Crippen molar-refractivity contribution in [3.05, 3.63) is 54.2 Å². The fourth-order valence-electron chi connectivity index (χ4n) is 4.26. The number of aliphatic carboxylic acids is 1. The summed E-state index contributed by atoms with van der Waals surface area (Å²) < 4.78 is 0. The first-order valence-corrected chi connectivity index (χ1v) is 12.3. The van der Waals surface area contributed by atoms with Crippen LogP contribution < -0.4 is 10.6 Å². The minimum Gasteiger partial charge on any atom is -0.480 e. The van der Waals surface area contributed by atoms with Gasteiger partial charge in [-0.3, -0.25) is 14.6 Å². The molecule has 1 saturated carbocycles. The Balaban J connectivity index is 1.70. The Morgan fingerprint density at radius 3 is 2.35 bits per heavy atom. The van der Waals surface area contributed by atoms with Gasteiger partial charge in [0.2, 0.25) is 11.8 Å². The van der Waals surface area contributed by atoms with Crippen LogP contribution in [0.2, 0.25) is 0 Å². The van der Waals surface area contributed by atoms with E-state index < -0.39 is 28.7 Å². The molecule has 2 aromatic rings. The SMILES string of the molecule is CCC(C)C(S)C(=O)NC1(C(=O)NC(Cc2ccc(-c3ccccn3)cc2)C(=O)O)CCCC1. The Bertz CT molecular complexity index is 991. The zero-order valence-corrected chi connectivity index (χ0v) is 20.6. The molecule has 1 heterocycles. The number of carbonyl (C=O) groups excluding carboxylic acids is 2. The van der Waals surface area contributed by atoms with Crippen LogP contribution in [-0.4, -0.2) is 44.7 Å². The van der Waals surface area contributed by atoms with Crippen LogP contribution in [0.1, 0.15) is 51.5 Å². The largest absolute Gasteiger partial charge is 0.480 e. The summed E-state index contributed by atoms with van der Waals surface area (Å²) in [7, 11) is 0. The minimum atomic E-state index is -1.12. The fraction of sp³-hybridized carbons (Fsp3) is 0.462. The van der Waals surface area contributed by atoms with Crippen LogP contribution in [0.4, 0.5) is 0 Å². The lowest BCUT2D eigenvalue weighted by molar-refractivity contribution is -0.143. The van der Waals surface area contributed by atoms with Crippen LogP contribution in [0.25, 0.3) is 11.3 Å². The Labute approximate surface area is 206 Å². The van der Waals surface area contributed by atoms with Crippen molar-refractivity contribution in [3.8, 4) is 11.3 Å². The second-order valence-corrected chi connectivity index (χ2v) is 9.65. The topological polar surface area (TPSA) is 108 Å². The number of nitrogens with zero attached hydrogens (tertiary/aromatic N) is 1. The number of hydrogen-bond donors (Lipinski definition) is 4. The van der Waals surface area contributed by atoms with Crippen LogP contribution in [0.15, 0.2) is 48.7 Å². The maximum absolute atomic E-state index is 13.3. The van der Waals surface area contributed by atoms with Gasteiger partial charge in [-0.2, -0.15) is 12.6 Å². The number of benzene rings is 1. The second kappa shape index (κ2) is 11.5. The van der Waals surface area contributed by atoms with Gasteiger partial charge in [0, 0.05) is 18.2 Å². The molecule has 3 N–H and O–H groups in total. The summed E-state index contributed by atoms with van der Waals surface area (Å²) in [5, 5.41) is 14.9. The third-order valence-electron chi connectivity index (χ3n) is 6.66. The average molecular weight is 484 g/mol. The molecule has 8 heteroatoms. The van der Waals surface area contributed by atoms with Crippen molar-refractivity contribution in [3.63, 3.8) is 0 Å². The number of rotatable bonds is 10. The van der Waals surface area contributed by atoms with Gasteiger partial charge in [0.25, 0.3) is 0 Å². The smallest absolute Gasteiger partial charge is 0.326 e. The Hall–Kier alpha value is -2.87. The Morgan fingerprint density at radius 2 is 1.79 bits per heavy atom. The predicted molar refractivity (Wildman–Crippen MR) is 135 cm³/mol. The summed E-state index contributed by atoms with van der Waals surface area (Å²) in [6.07, 6.45) is 5.20. The summed E-state index contributed by atoms with van der Waals surface area (Å²) >= 11 is 4.44. The molecular formula is C26H33N3O4S. The molecule has 34 heavy (non-hydrogen) atoms. The molecule has 1 aliphatic rings. The number of carboxylic acids is 1. The molecule has 0 radical (unpaired) electrons. The standard InChI is InChI=1S/C26H33N3O4S/c1-3-17(2)22(34)23(30)29-26(13-5-6-14-26)25(33)28-21(24(31)32)16-18-9-11-19(12-10-18)20-8-4-7-15-27-20/h4,7-12,15,17,21-22,34H,3,5-6,13-14,16H2,1-2H3,(H,28,33)(H,29,30)(H,31,32). The van der Waals surface area contributed by atoms with Crippen molar-refractivity contribution in [2.24, 2.45) is 5.92 Å². The van der Waals surface area contributed by atoms with Gasteiger partial charge in [0.1, 0.15) is 11.6 Å². The van der Waals surface area contributed by atoms with Crippen molar-refractivity contribution in [1.82, 2.24) is 15.6 Å². The molecule has 1 aromatic heterocycles. The lowest BCUT2D eigenvalue weighted by Gasteiger charge is -2.32. The van der Waals surface area contributed by atoms with Gasteiger partial charge < -0.3 is 15.7 Å². The van der Waals surface area contributed by atoms with E-state index in [1.165, 1.54) is 0 Å². The highest BCUT2D eigenvalue weighted by Gasteiger charge is 2.44. The van der Waals surface area contributed by atoms with Gasteiger partial charge >= 0.3 is 5.97 Å². The fourth-order valence-corrected chi connectivity index (χ4v) is 4.53. The number of pyridine rings is 1. The molecule has 182 valence electrons. The van der Waals surface area contributed by atoms with Crippen molar-refractivity contribution in [1.29, 1.82) is 0 Å². The van der Waals surface area contributed by atoms with E-state index in [4.69, 9.17) is 0 Å². The first-order valence-electron chi connectivity index (χ1n) is 11.8. The second-order valence-electron chi connectivity index (χ2n) is 9.09. The monoisotopic (exact) mass is 483 g/mol. The lowest BCUT2D eigenvalue weighted by Crippen LogP contribution is -2.61. The number of carbonyl (C=O) groups is 3. The third kappa shape index (κ3) is 6.17. The van der Waals surface area contributed by atoms with Crippen molar-refractivity contribution < 1.29 is 19.5 Å². The number of aromatic nitrogens is 1. The molecular weight excluding hydrogens is 450 g/mol.